The minimum Gasteiger partial charge on any atom is -0.444 e. The van der Waals surface area contributed by atoms with Gasteiger partial charge in [0.1, 0.15) is 5.60 Å². The number of hydrogen-bond acceptors (Lipinski definition) is 4. The van der Waals surface area contributed by atoms with Crippen LogP contribution >= 0.6 is 0 Å². The van der Waals surface area contributed by atoms with Crippen LogP contribution in [0.25, 0.3) is 0 Å². The number of nitrogens with one attached hydrogen (secondary N) is 2. The Morgan fingerprint density at radius 3 is 2.42 bits per heavy atom. The number of hydrogen-bond donors (Lipinski definition) is 2. The molecule has 0 aliphatic rings. The first-order valence-corrected chi connectivity index (χ1v) is 10.7. The van der Waals surface area contributed by atoms with Crippen LogP contribution in [0.2, 0.25) is 0 Å². The van der Waals surface area contributed by atoms with Crippen molar-refractivity contribution >= 4 is 12.1 Å². The van der Waals surface area contributed by atoms with E-state index in [0.717, 1.165) is 30.9 Å². The Morgan fingerprint density at radius 2 is 1.77 bits per heavy atom. The zero-order chi connectivity index (χ0) is 22.5. The van der Waals surface area contributed by atoms with Crippen molar-refractivity contribution < 1.29 is 9.53 Å². The number of ether oxygens (including phenoxy) is 1. The van der Waals surface area contributed by atoms with E-state index in [0.29, 0.717) is 19.6 Å². The van der Waals surface area contributed by atoms with Gasteiger partial charge in [-0.25, -0.2) is 4.79 Å². The zero-order valence-corrected chi connectivity index (χ0v) is 19.1. The first-order valence-electron chi connectivity index (χ1n) is 10.7. The standard InChI is InChI=1S/C24H35N5O2/c1-24(2,3)31-23(30)29(19-21-12-8-14-26-18-21)17-9-15-27-22(25-4)28-16-13-20-10-6-5-7-11-20/h5-8,10-12,14,18H,9,13,15-17,19H2,1-4H3,(H2,25,27,28). The van der Waals surface area contributed by atoms with E-state index < -0.39 is 5.60 Å². The summed E-state index contributed by atoms with van der Waals surface area (Å²) < 4.78 is 5.58. The summed E-state index contributed by atoms with van der Waals surface area (Å²) in [7, 11) is 1.76. The van der Waals surface area contributed by atoms with Crippen LogP contribution in [0, 0.1) is 0 Å². The molecule has 168 valence electrons. The highest BCUT2D eigenvalue weighted by atomic mass is 16.6. The average Bonchev–Trinajstić information content (AvgIpc) is 2.74. The van der Waals surface area contributed by atoms with Gasteiger partial charge in [0.15, 0.2) is 5.96 Å². The van der Waals surface area contributed by atoms with Gasteiger partial charge in [0.2, 0.25) is 0 Å². The Labute approximate surface area is 185 Å². The Kier molecular flexibility index (Phi) is 9.81. The highest BCUT2D eigenvalue weighted by molar-refractivity contribution is 5.79. The van der Waals surface area contributed by atoms with Crippen LogP contribution in [0.4, 0.5) is 4.79 Å². The van der Waals surface area contributed by atoms with Gasteiger partial charge in [-0.15, -0.1) is 0 Å². The lowest BCUT2D eigenvalue weighted by Crippen LogP contribution is -2.41. The van der Waals surface area contributed by atoms with Crippen LogP contribution in [-0.4, -0.2) is 54.2 Å². The molecule has 1 aromatic heterocycles. The molecule has 0 bridgehead atoms. The Morgan fingerprint density at radius 1 is 1.06 bits per heavy atom. The van der Waals surface area contributed by atoms with Crippen LogP contribution in [-0.2, 0) is 17.7 Å². The normalized spacial score (nSPS) is 11.7. The van der Waals surface area contributed by atoms with Crippen molar-refractivity contribution in [2.75, 3.05) is 26.7 Å². The van der Waals surface area contributed by atoms with Gasteiger partial charge in [-0.1, -0.05) is 36.4 Å². The maximum atomic E-state index is 12.7. The van der Waals surface area contributed by atoms with Crippen LogP contribution in [0.1, 0.15) is 38.3 Å². The third-order valence-electron chi connectivity index (χ3n) is 4.42. The van der Waals surface area contributed by atoms with Crippen molar-refractivity contribution in [3.05, 3.63) is 66.0 Å². The third kappa shape index (κ3) is 9.98. The van der Waals surface area contributed by atoms with Gasteiger partial charge >= 0.3 is 6.09 Å². The molecule has 2 aromatic rings. The molecule has 31 heavy (non-hydrogen) atoms. The molecular formula is C24H35N5O2. The first kappa shape index (κ1) is 24.2. The smallest absolute Gasteiger partial charge is 0.410 e. The van der Waals surface area contributed by atoms with Gasteiger partial charge in [0.25, 0.3) is 0 Å². The molecule has 0 saturated heterocycles. The van der Waals surface area contributed by atoms with E-state index in [9.17, 15) is 4.79 Å². The van der Waals surface area contributed by atoms with E-state index in [2.05, 4.69) is 32.7 Å². The van der Waals surface area contributed by atoms with Gasteiger partial charge in [-0.3, -0.25) is 9.98 Å². The molecule has 2 rings (SSSR count). The van der Waals surface area contributed by atoms with Gasteiger partial charge in [0, 0.05) is 39.1 Å². The molecule has 1 amide bonds. The SMILES string of the molecule is CN=C(NCCCN(Cc1cccnc1)C(=O)OC(C)(C)C)NCCc1ccccc1. The number of aromatic nitrogens is 1. The molecular weight excluding hydrogens is 390 g/mol. The van der Waals surface area contributed by atoms with Crippen molar-refractivity contribution in [2.24, 2.45) is 4.99 Å². The maximum absolute atomic E-state index is 12.7. The molecule has 1 aromatic carbocycles. The summed E-state index contributed by atoms with van der Waals surface area (Å²) in [6.07, 6.45) is 4.87. The van der Waals surface area contributed by atoms with Crippen LogP contribution in [0.3, 0.4) is 0 Å². The summed E-state index contributed by atoms with van der Waals surface area (Å²) in [6.45, 7) is 8.15. The molecule has 0 radical (unpaired) electrons. The van der Waals surface area contributed by atoms with E-state index in [1.165, 1.54) is 5.56 Å². The minimum atomic E-state index is -0.534. The number of carbonyl (C=O) groups is 1. The highest BCUT2D eigenvalue weighted by Crippen LogP contribution is 2.12. The zero-order valence-electron chi connectivity index (χ0n) is 19.1. The predicted molar refractivity (Wildman–Crippen MR) is 125 cm³/mol. The molecule has 2 N–H and O–H groups in total. The molecule has 0 atom stereocenters. The number of nitrogens with zero attached hydrogens (tertiary/aromatic N) is 3. The Balaban J connectivity index is 1.79. The number of guanidine groups is 1. The van der Waals surface area contributed by atoms with E-state index in [-0.39, 0.29) is 6.09 Å². The number of carbonyl (C=O) groups excluding carboxylic acids is 1. The predicted octanol–water partition coefficient (Wildman–Crippen LogP) is 3.62. The number of aliphatic imine (C=N–C) groups is 1. The van der Waals surface area contributed by atoms with Gasteiger partial charge in [0.05, 0.1) is 6.54 Å². The second-order valence-electron chi connectivity index (χ2n) is 8.28. The van der Waals surface area contributed by atoms with Gasteiger partial charge < -0.3 is 20.3 Å². The fraction of sp³-hybridized carbons (Fsp3) is 0.458. The molecule has 0 spiro atoms. The Hall–Kier alpha value is -3.09. The fourth-order valence-corrected chi connectivity index (χ4v) is 2.94. The second-order valence-corrected chi connectivity index (χ2v) is 8.28. The van der Waals surface area contributed by atoms with E-state index in [4.69, 9.17) is 4.74 Å². The summed E-state index contributed by atoms with van der Waals surface area (Å²) in [5.41, 5.74) is 1.72. The summed E-state index contributed by atoms with van der Waals surface area (Å²) in [5.74, 6) is 0.756. The molecule has 7 heteroatoms. The lowest BCUT2D eigenvalue weighted by Gasteiger charge is -2.27. The van der Waals surface area contributed by atoms with Crippen molar-refractivity contribution in [3.63, 3.8) is 0 Å². The molecule has 7 nitrogen and oxygen atoms in total. The summed E-state index contributed by atoms with van der Waals surface area (Å²) >= 11 is 0. The lowest BCUT2D eigenvalue weighted by atomic mass is 10.1. The lowest BCUT2D eigenvalue weighted by molar-refractivity contribution is 0.0232. The fourth-order valence-electron chi connectivity index (χ4n) is 2.94. The highest BCUT2D eigenvalue weighted by Gasteiger charge is 2.22. The summed E-state index contributed by atoms with van der Waals surface area (Å²) in [5, 5.41) is 6.63. The molecule has 0 fully saturated rings. The first-order chi connectivity index (χ1) is 14.9. The van der Waals surface area contributed by atoms with Crippen LogP contribution < -0.4 is 10.6 Å². The molecule has 0 aliphatic carbocycles. The van der Waals surface area contributed by atoms with E-state index >= 15 is 0 Å². The van der Waals surface area contributed by atoms with Crippen molar-refractivity contribution in [1.82, 2.24) is 20.5 Å². The third-order valence-corrected chi connectivity index (χ3v) is 4.42. The molecule has 1 heterocycles. The number of amides is 1. The van der Waals surface area contributed by atoms with Crippen LogP contribution in [0.5, 0.6) is 0 Å². The number of benzene rings is 1. The van der Waals surface area contributed by atoms with Gasteiger partial charge in [-0.05, 0) is 50.8 Å². The van der Waals surface area contributed by atoms with E-state index in [1.807, 2.05) is 51.1 Å². The van der Waals surface area contributed by atoms with E-state index in [1.54, 1.807) is 24.3 Å². The van der Waals surface area contributed by atoms with Gasteiger partial charge in [-0.2, -0.15) is 0 Å². The minimum absolute atomic E-state index is 0.318. The number of pyridine rings is 1. The molecule has 0 unspecified atom stereocenters. The topological polar surface area (TPSA) is 78.9 Å². The molecule has 0 saturated carbocycles. The maximum Gasteiger partial charge on any atom is 0.410 e. The monoisotopic (exact) mass is 425 g/mol. The largest absolute Gasteiger partial charge is 0.444 e. The average molecular weight is 426 g/mol. The number of rotatable bonds is 9. The van der Waals surface area contributed by atoms with Crippen molar-refractivity contribution in [1.29, 1.82) is 0 Å². The quantitative estimate of drug-likeness (QED) is 0.364. The van der Waals surface area contributed by atoms with Crippen molar-refractivity contribution in [2.45, 2.75) is 45.8 Å². The second kappa shape index (κ2) is 12.6. The summed E-state index contributed by atoms with van der Waals surface area (Å²) in [4.78, 5) is 22.8. The van der Waals surface area contributed by atoms with Crippen molar-refractivity contribution in [3.8, 4) is 0 Å². The molecule has 0 aliphatic heterocycles. The van der Waals surface area contributed by atoms with Crippen LogP contribution in [0.15, 0.2) is 59.9 Å². The Bertz CT molecular complexity index is 804. The summed E-state index contributed by atoms with van der Waals surface area (Å²) in [6, 6.07) is 14.2.